The second-order valence-corrected chi connectivity index (χ2v) is 7.65. The van der Waals surface area contributed by atoms with Crippen LogP contribution in [0.2, 0.25) is 0 Å². The first-order valence-corrected chi connectivity index (χ1v) is 10.1. The van der Waals surface area contributed by atoms with Crippen LogP contribution in [0.4, 0.5) is 0 Å². The van der Waals surface area contributed by atoms with Crippen LogP contribution in [0.15, 0.2) is 96.2 Å². The third-order valence-corrected chi connectivity index (χ3v) is 5.22. The first kappa shape index (κ1) is 19.8. The predicted octanol–water partition coefficient (Wildman–Crippen LogP) is 4.46. The summed E-state index contributed by atoms with van der Waals surface area (Å²) < 4.78 is 1.72. The van der Waals surface area contributed by atoms with Crippen LogP contribution in [0.25, 0.3) is 22.3 Å². The fourth-order valence-electron chi connectivity index (χ4n) is 3.76. The van der Waals surface area contributed by atoms with Gasteiger partial charge >= 0.3 is 0 Å². The van der Waals surface area contributed by atoms with E-state index >= 15 is 0 Å². The lowest BCUT2D eigenvalue weighted by Crippen LogP contribution is -2.33. The average molecular weight is 396 g/mol. The van der Waals surface area contributed by atoms with E-state index in [1.165, 1.54) is 5.56 Å². The molecule has 4 rings (SSSR count). The summed E-state index contributed by atoms with van der Waals surface area (Å²) in [4.78, 5) is 17.1. The number of pyridine rings is 2. The minimum Gasteiger partial charge on any atom is -0.326 e. The van der Waals surface area contributed by atoms with Crippen molar-refractivity contribution in [3.8, 4) is 22.3 Å². The Kier molecular flexibility index (Phi) is 5.87. The standard InChI is InChI=1S/C26H25N3O/c1-19-6-5-9-22(14-19)24-16-26(30)29(18-25(24)21-10-12-28-13-11-21)17-23(27)15-20-7-3-2-4-8-20/h2-14,16,18,23H,15,17,27H2,1H3/t23-/m0/s1. The highest BCUT2D eigenvalue weighted by atomic mass is 16.1. The van der Waals surface area contributed by atoms with Crippen molar-refractivity contribution in [2.24, 2.45) is 5.73 Å². The smallest absolute Gasteiger partial charge is 0.251 e. The summed E-state index contributed by atoms with van der Waals surface area (Å²) >= 11 is 0. The first-order valence-electron chi connectivity index (χ1n) is 10.1. The van der Waals surface area contributed by atoms with Gasteiger partial charge in [-0.15, -0.1) is 0 Å². The van der Waals surface area contributed by atoms with Crippen molar-refractivity contribution >= 4 is 0 Å². The topological polar surface area (TPSA) is 60.9 Å². The van der Waals surface area contributed by atoms with Gasteiger partial charge in [-0.3, -0.25) is 9.78 Å². The van der Waals surface area contributed by atoms with Crippen molar-refractivity contribution in [3.63, 3.8) is 0 Å². The number of nitrogens with two attached hydrogens (primary N) is 1. The van der Waals surface area contributed by atoms with Gasteiger partial charge in [0.15, 0.2) is 0 Å². The maximum atomic E-state index is 13.0. The summed E-state index contributed by atoms with van der Waals surface area (Å²) in [7, 11) is 0. The van der Waals surface area contributed by atoms with Crippen molar-refractivity contribution in [2.75, 3.05) is 0 Å². The molecule has 0 bridgehead atoms. The van der Waals surface area contributed by atoms with Crippen molar-refractivity contribution in [3.05, 3.63) is 113 Å². The second kappa shape index (κ2) is 8.89. The highest BCUT2D eigenvalue weighted by Gasteiger charge is 2.13. The molecule has 0 saturated heterocycles. The van der Waals surface area contributed by atoms with Gasteiger partial charge in [-0.2, -0.15) is 0 Å². The van der Waals surface area contributed by atoms with Gasteiger partial charge in [-0.25, -0.2) is 0 Å². The Hall–Kier alpha value is -3.50. The molecule has 0 amide bonds. The minimum atomic E-state index is -0.153. The third kappa shape index (κ3) is 4.56. The molecule has 0 aliphatic rings. The zero-order chi connectivity index (χ0) is 20.9. The summed E-state index contributed by atoms with van der Waals surface area (Å²) in [5, 5.41) is 0. The van der Waals surface area contributed by atoms with Crippen LogP contribution in [0.3, 0.4) is 0 Å². The zero-order valence-electron chi connectivity index (χ0n) is 17.0. The number of hydrogen-bond donors (Lipinski definition) is 1. The fourth-order valence-corrected chi connectivity index (χ4v) is 3.76. The fraction of sp³-hybridized carbons (Fsp3) is 0.154. The van der Waals surface area contributed by atoms with Gasteiger partial charge in [-0.05, 0) is 47.7 Å². The Balaban J connectivity index is 1.73. The van der Waals surface area contributed by atoms with E-state index in [1.54, 1.807) is 23.0 Å². The zero-order valence-corrected chi connectivity index (χ0v) is 17.0. The maximum Gasteiger partial charge on any atom is 0.251 e. The normalized spacial score (nSPS) is 11.9. The molecule has 30 heavy (non-hydrogen) atoms. The van der Waals surface area contributed by atoms with Crippen molar-refractivity contribution in [1.29, 1.82) is 0 Å². The maximum absolute atomic E-state index is 13.0. The number of aromatic nitrogens is 2. The monoisotopic (exact) mass is 395 g/mol. The largest absolute Gasteiger partial charge is 0.326 e. The summed E-state index contributed by atoms with van der Waals surface area (Å²) in [6.07, 6.45) is 6.19. The van der Waals surface area contributed by atoms with Crippen LogP contribution in [0.5, 0.6) is 0 Å². The summed E-state index contributed by atoms with van der Waals surface area (Å²) in [5.41, 5.74) is 12.6. The van der Waals surface area contributed by atoms with Gasteiger partial charge in [0.25, 0.3) is 5.56 Å². The SMILES string of the molecule is Cc1cccc(-c2cc(=O)n(C[C@@H](N)Cc3ccccc3)cc2-c2ccncc2)c1. The van der Waals surface area contributed by atoms with Gasteiger partial charge in [0.1, 0.15) is 0 Å². The number of aryl methyl sites for hydroxylation is 1. The Morgan fingerprint density at radius 1 is 0.900 bits per heavy atom. The molecule has 4 nitrogen and oxygen atoms in total. The second-order valence-electron chi connectivity index (χ2n) is 7.65. The lowest BCUT2D eigenvalue weighted by molar-refractivity contribution is 0.538. The Morgan fingerprint density at radius 3 is 2.40 bits per heavy atom. The average Bonchev–Trinajstić information content (AvgIpc) is 2.76. The molecule has 0 aliphatic heterocycles. The van der Waals surface area contributed by atoms with E-state index < -0.39 is 0 Å². The molecule has 0 unspecified atom stereocenters. The molecule has 0 aliphatic carbocycles. The van der Waals surface area contributed by atoms with E-state index in [0.29, 0.717) is 6.54 Å². The molecular weight excluding hydrogens is 370 g/mol. The van der Waals surface area contributed by atoms with Crippen LogP contribution in [-0.2, 0) is 13.0 Å². The molecule has 1 atom stereocenters. The molecule has 2 N–H and O–H groups in total. The highest BCUT2D eigenvalue weighted by molar-refractivity contribution is 5.82. The van der Waals surface area contributed by atoms with Crippen molar-refractivity contribution in [1.82, 2.24) is 9.55 Å². The number of nitrogens with zero attached hydrogens (tertiary/aromatic N) is 2. The molecule has 150 valence electrons. The van der Waals surface area contributed by atoms with E-state index in [0.717, 1.165) is 34.2 Å². The van der Waals surface area contributed by atoms with Gasteiger partial charge in [0.05, 0.1) is 0 Å². The lowest BCUT2D eigenvalue weighted by atomic mass is 9.96. The number of rotatable bonds is 6. The summed E-state index contributed by atoms with van der Waals surface area (Å²) in [5.74, 6) is 0. The van der Waals surface area contributed by atoms with Gasteiger partial charge in [-0.1, -0.05) is 60.2 Å². The molecule has 2 heterocycles. The molecule has 0 spiro atoms. The van der Waals surface area contributed by atoms with Gasteiger partial charge in [0, 0.05) is 42.8 Å². The van der Waals surface area contributed by atoms with Crippen LogP contribution < -0.4 is 11.3 Å². The first-order chi connectivity index (χ1) is 14.6. The molecule has 4 heteroatoms. The highest BCUT2D eigenvalue weighted by Crippen LogP contribution is 2.31. The van der Waals surface area contributed by atoms with Crippen LogP contribution in [-0.4, -0.2) is 15.6 Å². The molecule has 0 radical (unpaired) electrons. The molecule has 2 aromatic heterocycles. The Morgan fingerprint density at radius 2 is 1.67 bits per heavy atom. The van der Waals surface area contributed by atoms with Crippen LogP contribution in [0.1, 0.15) is 11.1 Å². The van der Waals surface area contributed by atoms with E-state index in [2.05, 4.69) is 36.2 Å². The van der Waals surface area contributed by atoms with Gasteiger partial charge in [0.2, 0.25) is 0 Å². The van der Waals surface area contributed by atoms with Gasteiger partial charge < -0.3 is 10.3 Å². The predicted molar refractivity (Wildman–Crippen MR) is 122 cm³/mol. The minimum absolute atomic E-state index is 0.0483. The summed E-state index contributed by atoms with van der Waals surface area (Å²) in [6, 6.07) is 23.8. The van der Waals surface area contributed by atoms with E-state index in [-0.39, 0.29) is 11.6 Å². The molecule has 2 aromatic carbocycles. The quantitative estimate of drug-likeness (QED) is 0.524. The molecular formula is C26H25N3O. The molecule has 4 aromatic rings. The Labute approximate surface area is 176 Å². The number of hydrogen-bond acceptors (Lipinski definition) is 3. The van der Waals surface area contributed by atoms with Crippen molar-refractivity contribution < 1.29 is 0 Å². The van der Waals surface area contributed by atoms with Crippen molar-refractivity contribution in [2.45, 2.75) is 25.9 Å². The van der Waals surface area contributed by atoms with E-state index in [1.807, 2.05) is 48.7 Å². The third-order valence-electron chi connectivity index (χ3n) is 5.22. The summed E-state index contributed by atoms with van der Waals surface area (Å²) in [6.45, 7) is 2.51. The van der Waals surface area contributed by atoms with Crippen LogP contribution >= 0.6 is 0 Å². The Bertz CT molecular complexity index is 1180. The molecule has 0 saturated carbocycles. The van der Waals surface area contributed by atoms with E-state index in [9.17, 15) is 4.79 Å². The molecule has 0 fully saturated rings. The number of benzene rings is 2. The van der Waals surface area contributed by atoms with Crippen LogP contribution in [0, 0.1) is 6.92 Å². The van der Waals surface area contributed by atoms with E-state index in [4.69, 9.17) is 5.73 Å². The lowest BCUT2D eigenvalue weighted by Gasteiger charge is -2.17.